The predicted molar refractivity (Wildman–Crippen MR) is 78.7 cm³/mol. The minimum atomic E-state index is -3.03. The molecule has 0 aromatic heterocycles. The molecule has 0 bridgehead atoms. The van der Waals surface area contributed by atoms with Gasteiger partial charge < -0.3 is 20.1 Å². The molecule has 0 aliphatic heterocycles. The number of benzene rings is 1. The van der Waals surface area contributed by atoms with Gasteiger partial charge in [-0.1, -0.05) is 12.8 Å². The first-order valence-electron chi connectivity index (χ1n) is 7.24. The highest BCUT2D eigenvalue weighted by atomic mass is 19.3. The molecule has 2 N–H and O–H groups in total. The van der Waals surface area contributed by atoms with Crippen LogP contribution in [0.15, 0.2) is 18.2 Å². The molecule has 2 rings (SSSR count). The topological polar surface area (TPSA) is 76.7 Å². The number of rotatable bonds is 5. The van der Waals surface area contributed by atoms with Crippen LogP contribution in [0.3, 0.4) is 0 Å². The van der Waals surface area contributed by atoms with Gasteiger partial charge in [0.25, 0.3) is 0 Å². The van der Waals surface area contributed by atoms with Crippen LogP contribution >= 0.6 is 0 Å². The van der Waals surface area contributed by atoms with Gasteiger partial charge in [-0.05, 0) is 25.0 Å². The van der Waals surface area contributed by atoms with Gasteiger partial charge in [0, 0.05) is 17.8 Å². The summed E-state index contributed by atoms with van der Waals surface area (Å²) >= 11 is 0. The molecule has 2 amide bonds. The number of anilines is 1. The second kappa shape index (κ2) is 7.75. The van der Waals surface area contributed by atoms with Crippen LogP contribution in [0.5, 0.6) is 11.5 Å². The molecule has 0 atom stereocenters. The summed E-state index contributed by atoms with van der Waals surface area (Å²) in [7, 11) is 1.31. The lowest BCUT2D eigenvalue weighted by molar-refractivity contribution is -0.136. The average Bonchev–Trinajstić information content (AvgIpc) is 2.99. The van der Waals surface area contributed by atoms with E-state index < -0.39 is 18.4 Å². The molecular weight excluding hydrogens is 310 g/mol. The van der Waals surface area contributed by atoms with Crippen molar-refractivity contribution in [2.75, 3.05) is 12.4 Å². The fourth-order valence-corrected chi connectivity index (χ4v) is 2.45. The Morgan fingerprint density at radius 1 is 1.17 bits per heavy atom. The molecule has 0 radical (unpaired) electrons. The van der Waals surface area contributed by atoms with E-state index in [9.17, 15) is 18.4 Å². The molecule has 1 aliphatic carbocycles. The van der Waals surface area contributed by atoms with Crippen molar-refractivity contribution in [1.29, 1.82) is 0 Å². The van der Waals surface area contributed by atoms with Crippen molar-refractivity contribution < 1.29 is 27.8 Å². The Hall–Kier alpha value is -2.38. The third-order valence-corrected chi connectivity index (χ3v) is 3.53. The summed E-state index contributed by atoms with van der Waals surface area (Å²) in [6.45, 7) is -3.03. The highest BCUT2D eigenvalue weighted by Crippen LogP contribution is 2.31. The van der Waals surface area contributed by atoms with E-state index in [-0.39, 0.29) is 23.2 Å². The number of alkyl halides is 2. The normalized spacial score (nSPS) is 14.6. The van der Waals surface area contributed by atoms with Crippen LogP contribution in [0.4, 0.5) is 14.5 Å². The standard InChI is InChI=1S/C15H18F2N2O4/c1-22-11-7-6-10(8-12(11)23-15(16)17)19-14(21)13(20)18-9-4-2-3-5-9/h6-9,15H,2-5H2,1H3,(H,18,20)(H,19,21). The zero-order valence-corrected chi connectivity index (χ0v) is 12.6. The molecule has 1 fully saturated rings. The number of nitrogens with one attached hydrogen (secondary N) is 2. The van der Waals surface area contributed by atoms with E-state index in [1.807, 2.05) is 0 Å². The maximum Gasteiger partial charge on any atom is 0.387 e. The average molecular weight is 328 g/mol. The zero-order valence-electron chi connectivity index (χ0n) is 12.6. The first-order chi connectivity index (χ1) is 11.0. The number of halogens is 2. The molecule has 1 aliphatic rings. The number of methoxy groups -OCH3 is 1. The Morgan fingerprint density at radius 2 is 1.87 bits per heavy atom. The van der Waals surface area contributed by atoms with E-state index in [1.54, 1.807) is 0 Å². The van der Waals surface area contributed by atoms with Gasteiger partial charge in [-0.2, -0.15) is 8.78 Å². The number of hydrogen-bond acceptors (Lipinski definition) is 4. The minimum Gasteiger partial charge on any atom is -0.493 e. The van der Waals surface area contributed by atoms with E-state index in [4.69, 9.17) is 4.74 Å². The van der Waals surface area contributed by atoms with Crippen LogP contribution < -0.4 is 20.1 Å². The molecule has 1 saturated carbocycles. The van der Waals surface area contributed by atoms with E-state index in [0.29, 0.717) is 0 Å². The van der Waals surface area contributed by atoms with Crippen LogP contribution in [0.25, 0.3) is 0 Å². The van der Waals surface area contributed by atoms with E-state index in [1.165, 1.54) is 25.3 Å². The zero-order chi connectivity index (χ0) is 16.8. The molecule has 6 nitrogen and oxygen atoms in total. The lowest BCUT2D eigenvalue weighted by Crippen LogP contribution is -2.40. The highest BCUT2D eigenvalue weighted by Gasteiger charge is 2.22. The Bertz CT molecular complexity index is 575. The maximum atomic E-state index is 12.4. The second-order valence-electron chi connectivity index (χ2n) is 5.15. The summed E-state index contributed by atoms with van der Waals surface area (Å²) < 4.78 is 33.9. The fourth-order valence-electron chi connectivity index (χ4n) is 2.45. The molecule has 0 spiro atoms. The monoisotopic (exact) mass is 328 g/mol. The number of ether oxygens (including phenoxy) is 2. The predicted octanol–water partition coefficient (Wildman–Crippen LogP) is 2.29. The van der Waals surface area contributed by atoms with Gasteiger partial charge in [-0.3, -0.25) is 9.59 Å². The number of carbonyl (C=O) groups excluding carboxylic acids is 2. The summed E-state index contributed by atoms with van der Waals surface area (Å²) in [5.74, 6) is -1.73. The first kappa shape index (κ1) is 17.0. The molecule has 126 valence electrons. The van der Waals surface area contributed by atoms with E-state index >= 15 is 0 Å². The van der Waals surface area contributed by atoms with Gasteiger partial charge >= 0.3 is 18.4 Å². The minimum absolute atomic E-state index is 0.0156. The van der Waals surface area contributed by atoms with Crippen LogP contribution in [0.2, 0.25) is 0 Å². The molecule has 0 unspecified atom stereocenters. The van der Waals surface area contributed by atoms with Crippen molar-refractivity contribution in [3.8, 4) is 11.5 Å². The largest absolute Gasteiger partial charge is 0.493 e. The summed E-state index contributed by atoms with van der Waals surface area (Å²) in [5, 5.41) is 4.99. The Balaban J connectivity index is 2.00. The Kier molecular flexibility index (Phi) is 5.72. The van der Waals surface area contributed by atoms with Crippen molar-refractivity contribution in [2.45, 2.75) is 38.3 Å². The summed E-state index contributed by atoms with van der Waals surface area (Å²) in [6, 6.07) is 3.98. The van der Waals surface area contributed by atoms with Crippen molar-refractivity contribution in [2.24, 2.45) is 0 Å². The van der Waals surface area contributed by atoms with Crippen LogP contribution in [0, 0.1) is 0 Å². The van der Waals surface area contributed by atoms with Crippen molar-refractivity contribution in [1.82, 2.24) is 5.32 Å². The molecular formula is C15H18F2N2O4. The number of amides is 2. The van der Waals surface area contributed by atoms with Gasteiger partial charge in [-0.25, -0.2) is 0 Å². The van der Waals surface area contributed by atoms with Gasteiger partial charge in [0.1, 0.15) is 0 Å². The van der Waals surface area contributed by atoms with Gasteiger partial charge in [0.2, 0.25) is 0 Å². The summed E-state index contributed by atoms with van der Waals surface area (Å²) in [5.41, 5.74) is 0.160. The Morgan fingerprint density at radius 3 is 2.48 bits per heavy atom. The van der Waals surface area contributed by atoms with Crippen LogP contribution in [-0.2, 0) is 9.59 Å². The van der Waals surface area contributed by atoms with Crippen molar-refractivity contribution in [3.05, 3.63) is 18.2 Å². The quantitative estimate of drug-likeness (QED) is 0.813. The third kappa shape index (κ3) is 4.80. The highest BCUT2D eigenvalue weighted by molar-refractivity contribution is 6.39. The molecule has 8 heteroatoms. The van der Waals surface area contributed by atoms with Gasteiger partial charge in [0.05, 0.1) is 7.11 Å². The van der Waals surface area contributed by atoms with Crippen molar-refractivity contribution in [3.63, 3.8) is 0 Å². The number of carbonyl (C=O) groups is 2. The lowest BCUT2D eigenvalue weighted by Gasteiger charge is -2.13. The van der Waals surface area contributed by atoms with Gasteiger partial charge in [0.15, 0.2) is 11.5 Å². The second-order valence-corrected chi connectivity index (χ2v) is 5.15. The van der Waals surface area contributed by atoms with Crippen molar-refractivity contribution >= 4 is 17.5 Å². The number of hydrogen-bond donors (Lipinski definition) is 2. The van der Waals surface area contributed by atoms with Crippen LogP contribution in [-0.4, -0.2) is 31.6 Å². The van der Waals surface area contributed by atoms with Crippen LogP contribution in [0.1, 0.15) is 25.7 Å². The lowest BCUT2D eigenvalue weighted by atomic mass is 10.2. The molecule has 1 aromatic carbocycles. The SMILES string of the molecule is COc1ccc(NC(=O)C(=O)NC2CCCC2)cc1OC(F)F. The first-order valence-corrected chi connectivity index (χ1v) is 7.24. The van der Waals surface area contributed by atoms with Gasteiger partial charge in [-0.15, -0.1) is 0 Å². The smallest absolute Gasteiger partial charge is 0.387 e. The van der Waals surface area contributed by atoms with E-state index in [0.717, 1.165) is 25.7 Å². The summed E-state index contributed by atoms with van der Waals surface area (Å²) in [4.78, 5) is 23.6. The molecule has 0 saturated heterocycles. The fraction of sp³-hybridized carbons (Fsp3) is 0.467. The molecule has 23 heavy (non-hydrogen) atoms. The van der Waals surface area contributed by atoms with E-state index in [2.05, 4.69) is 15.4 Å². The maximum absolute atomic E-state index is 12.4. The third-order valence-electron chi connectivity index (χ3n) is 3.53. The molecule has 1 aromatic rings. The Labute approximate surface area is 132 Å². The summed E-state index contributed by atoms with van der Waals surface area (Å²) in [6.07, 6.45) is 3.76. The molecule has 0 heterocycles.